The molecule has 3 aliphatic carbocycles. The van der Waals surface area contributed by atoms with Crippen molar-refractivity contribution in [3.8, 4) is 16.9 Å². The van der Waals surface area contributed by atoms with Gasteiger partial charge in [0.1, 0.15) is 23.9 Å². The average molecular weight is 756 g/mol. The van der Waals surface area contributed by atoms with Crippen molar-refractivity contribution in [3.63, 3.8) is 0 Å². The van der Waals surface area contributed by atoms with Crippen LogP contribution in [0.1, 0.15) is 62.0 Å². The van der Waals surface area contributed by atoms with Gasteiger partial charge in [0.05, 0.1) is 26.4 Å². The molecule has 3 aromatic rings. The van der Waals surface area contributed by atoms with Crippen LogP contribution in [0.2, 0.25) is 0 Å². The third-order valence-corrected chi connectivity index (χ3v) is 12.6. The molecule has 296 valence electrons. The molecule has 0 unspecified atom stereocenters. The standard InChI is InChI=1S/C43H57N5O7/c1-24-33-20-30(43(33,3)4)21-34(24)45-42(53)38-37(25(2)50)36(23-49)55-48(38)22-27-14-11-15-32(39(27)54-7)28-17-29(19-31(18-28)47(5)6)41(52)46-35(40(44)51)16-26-12-9-8-10-13-26/h8-15,17-19,24-25,30,33-38,49-50H,16,20-23H2,1-7H3,(H2,44,51)(H,45,53)(H,46,52)/t24-,25-,30+,33+,34-,35+,36-,37+,38-/m0/s1. The molecule has 4 fully saturated rings. The molecule has 0 spiro atoms. The van der Waals surface area contributed by atoms with Gasteiger partial charge in [-0.3, -0.25) is 19.2 Å². The highest BCUT2D eigenvalue weighted by atomic mass is 16.7. The number of nitrogens with zero attached hydrogens (tertiary/aromatic N) is 2. The predicted octanol–water partition coefficient (Wildman–Crippen LogP) is 3.92. The van der Waals surface area contributed by atoms with E-state index in [0.29, 0.717) is 45.8 Å². The predicted molar refractivity (Wildman–Crippen MR) is 211 cm³/mol. The van der Waals surface area contributed by atoms with Gasteiger partial charge in [-0.25, -0.2) is 0 Å². The molecule has 12 nitrogen and oxygen atoms in total. The molecule has 1 saturated heterocycles. The van der Waals surface area contributed by atoms with E-state index in [1.165, 1.54) is 6.42 Å². The summed E-state index contributed by atoms with van der Waals surface area (Å²) >= 11 is 0. The third-order valence-electron chi connectivity index (χ3n) is 12.6. The third kappa shape index (κ3) is 8.09. The second-order valence-electron chi connectivity index (χ2n) is 16.5. The topological polar surface area (TPSA) is 167 Å². The Morgan fingerprint density at radius 3 is 2.40 bits per heavy atom. The smallest absolute Gasteiger partial charge is 0.252 e. The van der Waals surface area contributed by atoms with Crippen molar-refractivity contribution < 1.29 is 34.2 Å². The number of anilines is 1. The van der Waals surface area contributed by atoms with Gasteiger partial charge in [0.2, 0.25) is 11.8 Å². The molecule has 2 bridgehead atoms. The average Bonchev–Trinajstić information content (AvgIpc) is 3.53. The van der Waals surface area contributed by atoms with Crippen LogP contribution < -0.4 is 26.0 Å². The first-order valence-corrected chi connectivity index (χ1v) is 19.3. The number of carbonyl (C=O) groups excluding carboxylic acids is 3. The fourth-order valence-corrected chi connectivity index (χ4v) is 9.30. The lowest BCUT2D eigenvalue weighted by atomic mass is 9.45. The molecule has 3 saturated carbocycles. The minimum absolute atomic E-state index is 0.0128. The van der Waals surface area contributed by atoms with Crippen LogP contribution in [0, 0.1) is 29.1 Å². The van der Waals surface area contributed by atoms with Crippen LogP contribution in [0.15, 0.2) is 66.7 Å². The van der Waals surface area contributed by atoms with Crippen molar-refractivity contribution in [3.05, 3.63) is 83.4 Å². The van der Waals surface area contributed by atoms with Gasteiger partial charge >= 0.3 is 0 Å². The summed E-state index contributed by atoms with van der Waals surface area (Å²) < 4.78 is 6.04. The Morgan fingerprint density at radius 2 is 1.80 bits per heavy atom. The van der Waals surface area contributed by atoms with Crippen LogP contribution in [-0.4, -0.2) is 91.1 Å². The van der Waals surface area contributed by atoms with E-state index in [4.69, 9.17) is 15.3 Å². The molecule has 0 radical (unpaired) electrons. The summed E-state index contributed by atoms with van der Waals surface area (Å²) in [5, 5.41) is 29.0. The molecule has 9 atom stereocenters. The number of nitrogens with two attached hydrogens (primary N) is 1. The van der Waals surface area contributed by atoms with Gasteiger partial charge in [-0.15, -0.1) is 0 Å². The van der Waals surface area contributed by atoms with Crippen molar-refractivity contribution in [1.29, 1.82) is 0 Å². The normalized spacial score (nSPS) is 26.7. The summed E-state index contributed by atoms with van der Waals surface area (Å²) in [6.45, 7) is 8.24. The van der Waals surface area contributed by atoms with Gasteiger partial charge in [-0.2, -0.15) is 5.06 Å². The minimum atomic E-state index is -0.928. The first-order valence-electron chi connectivity index (χ1n) is 19.3. The number of hydrogen-bond donors (Lipinski definition) is 5. The zero-order valence-corrected chi connectivity index (χ0v) is 33.0. The molecular weight excluding hydrogens is 699 g/mol. The van der Waals surface area contributed by atoms with Crippen LogP contribution in [0.5, 0.6) is 5.75 Å². The number of carbonyl (C=O) groups is 3. The zero-order chi connectivity index (χ0) is 39.8. The van der Waals surface area contributed by atoms with Crippen LogP contribution in [0.4, 0.5) is 5.69 Å². The highest BCUT2D eigenvalue weighted by Gasteiger charge is 2.57. The fourth-order valence-electron chi connectivity index (χ4n) is 9.30. The van der Waals surface area contributed by atoms with Gasteiger partial charge in [-0.1, -0.05) is 69.3 Å². The quantitative estimate of drug-likeness (QED) is 0.164. The van der Waals surface area contributed by atoms with Gasteiger partial charge in [0.25, 0.3) is 5.91 Å². The van der Waals surface area contributed by atoms with E-state index in [0.717, 1.165) is 17.7 Å². The minimum Gasteiger partial charge on any atom is -0.496 e. The van der Waals surface area contributed by atoms with Crippen LogP contribution in [-0.2, 0) is 27.4 Å². The van der Waals surface area contributed by atoms with Crippen molar-refractivity contribution in [1.82, 2.24) is 15.7 Å². The summed E-state index contributed by atoms with van der Waals surface area (Å²) in [5.41, 5.74) is 10.0. The SMILES string of the molecule is COc1c(CN2O[C@@H](CO)[C@@H]([C@H](C)O)[C@H]2C(=O)N[C@H]2C[C@H]3C[C@H]([C@@H]2C)C3(C)C)cccc1-c1cc(C(=O)N[C@H](Cc2ccccc2)C(N)=O)cc(N(C)C)c1. The number of hydroxylamine groups is 2. The van der Waals surface area contributed by atoms with Crippen molar-refractivity contribution in [2.45, 2.75) is 83.8 Å². The lowest BCUT2D eigenvalue weighted by molar-refractivity contribution is -0.183. The number of methoxy groups -OCH3 is 1. The lowest BCUT2D eigenvalue weighted by Crippen LogP contribution is -2.62. The molecule has 4 aliphatic rings. The van der Waals surface area contributed by atoms with Crippen LogP contribution >= 0.6 is 0 Å². The fraction of sp³-hybridized carbons (Fsp3) is 0.512. The lowest BCUT2D eigenvalue weighted by Gasteiger charge is -2.62. The number of benzene rings is 3. The maximum absolute atomic E-state index is 14.3. The molecule has 55 heavy (non-hydrogen) atoms. The first-order chi connectivity index (χ1) is 26.1. The van der Waals surface area contributed by atoms with Crippen LogP contribution in [0.3, 0.4) is 0 Å². The van der Waals surface area contributed by atoms with E-state index in [1.54, 1.807) is 31.2 Å². The summed E-state index contributed by atoms with van der Waals surface area (Å²) in [6, 6.07) is 18.7. The maximum atomic E-state index is 14.3. The molecule has 3 aromatic carbocycles. The highest BCUT2D eigenvalue weighted by Crippen LogP contribution is 2.61. The van der Waals surface area contributed by atoms with E-state index in [-0.39, 0.29) is 36.9 Å². The molecule has 3 amide bonds. The first kappa shape index (κ1) is 40.2. The van der Waals surface area contributed by atoms with Crippen molar-refractivity contribution in [2.75, 3.05) is 32.7 Å². The van der Waals surface area contributed by atoms with Crippen LogP contribution in [0.25, 0.3) is 11.1 Å². The number of hydrogen-bond acceptors (Lipinski definition) is 9. The van der Waals surface area contributed by atoms with E-state index < -0.39 is 42.0 Å². The molecule has 12 heteroatoms. The number of rotatable bonds is 14. The number of aliphatic hydroxyl groups excluding tert-OH is 2. The van der Waals surface area contributed by atoms with E-state index in [1.807, 2.05) is 73.6 Å². The van der Waals surface area contributed by atoms with E-state index in [9.17, 15) is 24.6 Å². The van der Waals surface area contributed by atoms with Crippen molar-refractivity contribution >= 4 is 23.4 Å². The summed E-state index contributed by atoms with van der Waals surface area (Å²) in [5.74, 6) is -0.0867. The van der Waals surface area contributed by atoms with Gasteiger partial charge in [-0.05, 0) is 72.3 Å². The number of aliphatic hydroxyl groups is 2. The molecule has 0 aromatic heterocycles. The number of para-hydroxylation sites is 1. The molecule has 7 rings (SSSR count). The second-order valence-corrected chi connectivity index (χ2v) is 16.5. The largest absolute Gasteiger partial charge is 0.496 e. The van der Waals surface area contributed by atoms with E-state index in [2.05, 4.69) is 31.4 Å². The van der Waals surface area contributed by atoms with Gasteiger partial charge < -0.3 is 36.2 Å². The van der Waals surface area contributed by atoms with E-state index >= 15 is 0 Å². The molecule has 1 heterocycles. The maximum Gasteiger partial charge on any atom is 0.252 e. The van der Waals surface area contributed by atoms with Gasteiger partial charge in [0, 0.05) is 54.9 Å². The molecule has 1 aliphatic heterocycles. The summed E-state index contributed by atoms with van der Waals surface area (Å²) in [6.07, 6.45) is 0.628. The number of ether oxygens (including phenoxy) is 1. The Morgan fingerprint density at radius 1 is 1.07 bits per heavy atom. The Bertz CT molecular complexity index is 1870. The molecule has 6 N–H and O–H groups in total. The highest BCUT2D eigenvalue weighted by molar-refractivity contribution is 5.99. The summed E-state index contributed by atoms with van der Waals surface area (Å²) in [4.78, 5) is 48.6. The number of nitrogens with one attached hydrogen (secondary N) is 2. The Hall–Kier alpha value is -4.49. The van der Waals surface area contributed by atoms with Crippen molar-refractivity contribution in [2.24, 2.45) is 34.8 Å². The second kappa shape index (κ2) is 16.3. The van der Waals surface area contributed by atoms with Gasteiger partial charge in [0.15, 0.2) is 0 Å². The number of amides is 3. The monoisotopic (exact) mass is 755 g/mol. The zero-order valence-electron chi connectivity index (χ0n) is 33.0. The Labute approximate surface area is 324 Å². The Kier molecular flexibility index (Phi) is 11.9. The number of primary amides is 1. The number of fused-ring (bicyclic) bond motifs is 2. The Balaban J connectivity index is 1.29. The molecular formula is C43H57N5O7. The summed E-state index contributed by atoms with van der Waals surface area (Å²) in [7, 11) is 5.31.